The van der Waals surface area contributed by atoms with Crippen LogP contribution in [0.2, 0.25) is 10.0 Å². The van der Waals surface area contributed by atoms with Crippen molar-refractivity contribution in [3.05, 3.63) is 140 Å². The molecule has 386 valence electrons. The number of primary amides is 1. The largest absolute Gasteiger partial charge is 0.573 e. The van der Waals surface area contributed by atoms with Crippen molar-refractivity contribution < 1.29 is 87.5 Å². The van der Waals surface area contributed by atoms with Gasteiger partial charge >= 0.3 is 18.7 Å². The SMILES string of the molecule is COC(=O)c1cc(NC(=O)c2c(Oc3ccc(OC(F)(F)F)cc3OC)cc(Cl)c(C)c2F)c(C)cn1.COc1cc(OC(F)(F)F)ccc1Oc1cc(Cl)c(C)c(F)c1C(=O)Nc1cc(C(N)=O)ncc1C. The number of esters is 1. The molecule has 3 amide bonds. The number of nitrogens with two attached hydrogens (primary N) is 1. The van der Waals surface area contributed by atoms with Crippen LogP contribution in [0.25, 0.3) is 0 Å². The highest BCUT2D eigenvalue weighted by atomic mass is 35.5. The van der Waals surface area contributed by atoms with E-state index in [-0.39, 0.29) is 78.4 Å². The number of amides is 3. The summed E-state index contributed by atoms with van der Waals surface area (Å²) in [6.45, 7) is 5.86. The zero-order chi connectivity index (χ0) is 54.3. The Labute approximate surface area is 418 Å². The third kappa shape index (κ3) is 14.1. The standard InChI is InChI=1S/C24H19ClF4N2O6.C23H18ClF4N3O5/c1-11-10-30-16(23(33)35-4)9-15(11)31-22(32)20-19(8-14(25)12(2)21(20)26)36-17-6-5-13(7-18(17)34-3)37-24(27,28)29;1-10-9-30-15(21(29)32)8-14(10)31-22(33)19-18(7-13(24)11(2)20(19)25)35-16-5-4-12(6-17(16)34-3)36-23(26,27)28/h5-10H,1-4H3,(H,30,31,32);4-9H,1-3H3,(H2,29,32)(H,30,31,33). The number of halogens is 10. The lowest BCUT2D eigenvalue weighted by atomic mass is 10.1. The Bertz CT molecular complexity index is 3120. The number of benzene rings is 4. The number of carbonyl (C=O) groups excluding carboxylic acids is 4. The number of nitrogens with one attached hydrogen (secondary N) is 2. The third-order valence-corrected chi connectivity index (χ3v) is 10.6. The van der Waals surface area contributed by atoms with Gasteiger partial charge in [-0.05, 0) is 75.2 Å². The van der Waals surface area contributed by atoms with E-state index in [9.17, 15) is 45.5 Å². The van der Waals surface area contributed by atoms with Gasteiger partial charge in [0.25, 0.3) is 17.7 Å². The molecule has 6 rings (SSSR count). The Morgan fingerprint density at radius 2 is 0.945 bits per heavy atom. The number of carbonyl (C=O) groups is 4. The number of hydrogen-bond acceptors (Lipinski definition) is 13. The van der Waals surface area contributed by atoms with Gasteiger partial charge in [0, 0.05) is 59.2 Å². The first-order valence-electron chi connectivity index (χ1n) is 20.3. The van der Waals surface area contributed by atoms with Gasteiger partial charge in [0.05, 0.1) is 31.4 Å². The maximum atomic E-state index is 15.3. The van der Waals surface area contributed by atoms with Gasteiger partial charge in [0.1, 0.15) is 57.1 Å². The highest BCUT2D eigenvalue weighted by Gasteiger charge is 2.33. The fraction of sp³-hybridized carbons (Fsp3) is 0.191. The lowest BCUT2D eigenvalue weighted by Crippen LogP contribution is -2.19. The number of methoxy groups -OCH3 is 3. The van der Waals surface area contributed by atoms with Crippen LogP contribution in [0.4, 0.5) is 46.5 Å². The van der Waals surface area contributed by atoms with Gasteiger partial charge in [-0.2, -0.15) is 0 Å². The summed E-state index contributed by atoms with van der Waals surface area (Å²) >= 11 is 12.2. The predicted octanol–water partition coefficient (Wildman–Crippen LogP) is 11.8. The molecule has 0 unspecified atom stereocenters. The van der Waals surface area contributed by atoms with Crippen molar-refractivity contribution in [2.75, 3.05) is 32.0 Å². The minimum Gasteiger partial charge on any atom is -0.493 e. The van der Waals surface area contributed by atoms with E-state index in [1.54, 1.807) is 13.8 Å². The van der Waals surface area contributed by atoms with Gasteiger partial charge in [0.2, 0.25) is 0 Å². The molecule has 4 aromatic carbocycles. The number of ether oxygens (including phenoxy) is 7. The average Bonchev–Trinajstić information content (AvgIpc) is 3.31. The van der Waals surface area contributed by atoms with Crippen LogP contribution < -0.4 is 44.8 Å². The van der Waals surface area contributed by atoms with Crippen molar-refractivity contribution in [3.63, 3.8) is 0 Å². The van der Waals surface area contributed by atoms with Gasteiger partial charge in [-0.25, -0.2) is 18.6 Å². The Kier molecular flexibility index (Phi) is 17.6. The summed E-state index contributed by atoms with van der Waals surface area (Å²) < 4.78 is 140. The molecule has 2 aromatic heterocycles. The molecule has 0 saturated carbocycles. The fourth-order valence-corrected chi connectivity index (χ4v) is 6.47. The van der Waals surface area contributed by atoms with Gasteiger partial charge in [0.15, 0.2) is 23.0 Å². The van der Waals surface area contributed by atoms with Crippen molar-refractivity contribution in [3.8, 4) is 46.0 Å². The fourth-order valence-electron chi connectivity index (χ4n) is 6.11. The molecule has 4 N–H and O–H groups in total. The molecule has 16 nitrogen and oxygen atoms in total. The van der Waals surface area contributed by atoms with Crippen LogP contribution >= 0.6 is 23.2 Å². The monoisotopic (exact) mass is 1070 g/mol. The van der Waals surface area contributed by atoms with Crippen molar-refractivity contribution in [2.45, 2.75) is 40.4 Å². The lowest BCUT2D eigenvalue weighted by Gasteiger charge is -2.17. The normalized spacial score (nSPS) is 11.1. The number of alkyl halides is 6. The Balaban J connectivity index is 0.000000271. The molecule has 0 atom stereocenters. The number of nitrogens with zero attached hydrogens (tertiary/aromatic N) is 2. The van der Waals surface area contributed by atoms with Crippen molar-refractivity contribution in [2.24, 2.45) is 5.73 Å². The summed E-state index contributed by atoms with van der Waals surface area (Å²) in [5.41, 5.74) is 4.94. The van der Waals surface area contributed by atoms with Crippen LogP contribution in [0.15, 0.2) is 73.1 Å². The number of aryl methyl sites for hydroxylation is 2. The van der Waals surface area contributed by atoms with E-state index < -0.39 is 70.7 Å². The Hall–Kier alpha value is -8.12. The van der Waals surface area contributed by atoms with Crippen molar-refractivity contribution in [1.82, 2.24) is 9.97 Å². The van der Waals surface area contributed by atoms with E-state index in [1.165, 1.54) is 64.7 Å². The number of pyridine rings is 2. The van der Waals surface area contributed by atoms with Crippen LogP contribution in [0.3, 0.4) is 0 Å². The lowest BCUT2D eigenvalue weighted by molar-refractivity contribution is -0.275. The van der Waals surface area contributed by atoms with Crippen LogP contribution in [-0.2, 0) is 4.74 Å². The topological polar surface area (TPSA) is 209 Å². The van der Waals surface area contributed by atoms with Crippen LogP contribution in [0.5, 0.6) is 46.0 Å². The highest BCUT2D eigenvalue weighted by molar-refractivity contribution is 6.32. The second kappa shape index (κ2) is 23.0. The van der Waals surface area contributed by atoms with E-state index in [0.717, 1.165) is 43.5 Å². The van der Waals surface area contributed by atoms with Crippen LogP contribution in [0.1, 0.15) is 63.9 Å². The molecule has 6 aromatic rings. The molecule has 2 heterocycles. The van der Waals surface area contributed by atoms with E-state index in [2.05, 4.69) is 34.8 Å². The molecular formula is C47H37Cl2F8N5O11. The summed E-state index contributed by atoms with van der Waals surface area (Å²) in [5, 5.41) is 4.82. The summed E-state index contributed by atoms with van der Waals surface area (Å²) in [5.74, 6) is -8.12. The minimum absolute atomic E-state index is 0.0539. The summed E-state index contributed by atoms with van der Waals surface area (Å²) in [6, 6.07) is 10.7. The summed E-state index contributed by atoms with van der Waals surface area (Å²) in [6.07, 6.45) is -7.26. The molecular weight excluding hydrogens is 1030 g/mol. The zero-order valence-electron chi connectivity index (χ0n) is 38.7. The Morgan fingerprint density at radius 1 is 0.562 bits per heavy atom. The molecule has 0 aliphatic carbocycles. The molecule has 0 aliphatic heterocycles. The smallest absolute Gasteiger partial charge is 0.493 e. The van der Waals surface area contributed by atoms with E-state index in [1.807, 2.05) is 0 Å². The summed E-state index contributed by atoms with van der Waals surface area (Å²) in [4.78, 5) is 57.3. The minimum atomic E-state index is -4.94. The molecule has 0 saturated heterocycles. The first-order chi connectivity index (χ1) is 34.1. The predicted molar refractivity (Wildman–Crippen MR) is 246 cm³/mol. The van der Waals surface area contributed by atoms with E-state index in [4.69, 9.17) is 47.9 Å². The third-order valence-electron chi connectivity index (χ3n) is 9.80. The maximum absolute atomic E-state index is 15.3. The molecule has 0 spiro atoms. The van der Waals surface area contributed by atoms with Gasteiger partial charge in [-0.3, -0.25) is 19.4 Å². The zero-order valence-corrected chi connectivity index (χ0v) is 40.2. The molecule has 0 aliphatic rings. The second-order valence-corrected chi connectivity index (χ2v) is 15.6. The van der Waals surface area contributed by atoms with Gasteiger partial charge in [-0.1, -0.05) is 23.2 Å². The number of rotatable bonds is 14. The molecule has 26 heteroatoms. The van der Waals surface area contributed by atoms with Crippen molar-refractivity contribution in [1.29, 1.82) is 0 Å². The van der Waals surface area contributed by atoms with E-state index in [0.29, 0.717) is 11.1 Å². The number of hydrogen-bond donors (Lipinski definition) is 3. The first kappa shape index (κ1) is 55.8. The van der Waals surface area contributed by atoms with Gasteiger partial charge < -0.3 is 49.5 Å². The molecule has 73 heavy (non-hydrogen) atoms. The number of aromatic nitrogens is 2. The highest BCUT2D eigenvalue weighted by Crippen LogP contribution is 2.42. The number of anilines is 2. The van der Waals surface area contributed by atoms with Crippen LogP contribution in [0, 0.1) is 39.3 Å². The van der Waals surface area contributed by atoms with Crippen LogP contribution in [-0.4, -0.2) is 67.7 Å². The van der Waals surface area contributed by atoms with Crippen molar-refractivity contribution >= 4 is 58.3 Å². The van der Waals surface area contributed by atoms with Gasteiger partial charge in [-0.15, -0.1) is 26.3 Å². The Morgan fingerprint density at radius 3 is 1.30 bits per heavy atom. The first-order valence-corrected chi connectivity index (χ1v) is 21.0. The molecule has 0 radical (unpaired) electrons. The summed E-state index contributed by atoms with van der Waals surface area (Å²) in [7, 11) is 3.49. The second-order valence-electron chi connectivity index (χ2n) is 14.8. The quantitative estimate of drug-likeness (QED) is 0.0686. The molecule has 0 fully saturated rings. The molecule has 0 bridgehead atoms. The average molecular weight is 1070 g/mol. The maximum Gasteiger partial charge on any atom is 0.573 e. The van der Waals surface area contributed by atoms with E-state index >= 15 is 8.78 Å².